The van der Waals surface area contributed by atoms with Crippen molar-refractivity contribution < 1.29 is 14.3 Å². The molecule has 0 spiro atoms. The van der Waals surface area contributed by atoms with Crippen LogP contribution in [0.2, 0.25) is 5.02 Å². The Labute approximate surface area is 144 Å². The Hall–Kier alpha value is -2.73. The van der Waals surface area contributed by atoms with Crippen molar-refractivity contribution in [3.05, 3.63) is 52.5 Å². The Kier molecular flexibility index (Phi) is 4.86. The van der Waals surface area contributed by atoms with Gasteiger partial charge in [-0.1, -0.05) is 11.6 Å². The van der Waals surface area contributed by atoms with Crippen LogP contribution in [-0.2, 0) is 4.79 Å². The lowest BCUT2D eigenvalue weighted by Crippen LogP contribution is -2.26. The third-order valence-corrected chi connectivity index (χ3v) is 3.66. The fourth-order valence-electron chi connectivity index (χ4n) is 2.21. The second kappa shape index (κ2) is 7.23. The third kappa shape index (κ3) is 3.97. The maximum absolute atomic E-state index is 11.8. The first-order chi connectivity index (χ1) is 11.6. The molecule has 1 amide bonds. The normalized spacial score (nSPS) is 12.4. The van der Waals surface area contributed by atoms with Crippen LogP contribution in [0.1, 0.15) is 11.1 Å². The van der Waals surface area contributed by atoms with Gasteiger partial charge >= 0.3 is 0 Å². The molecule has 6 nitrogen and oxygen atoms in total. The zero-order chi connectivity index (χ0) is 16.9. The number of nitrogens with one attached hydrogen (secondary N) is 2. The molecule has 2 aromatic rings. The quantitative estimate of drug-likeness (QED) is 0.645. The average molecular weight is 346 g/mol. The lowest BCUT2D eigenvalue weighted by atomic mass is 10.2. The molecule has 0 aliphatic carbocycles. The molecule has 7 heteroatoms. The number of ether oxygens (including phenoxy) is 2. The minimum Gasteiger partial charge on any atom is -0.454 e. The molecule has 3 rings (SSSR count). The summed E-state index contributed by atoms with van der Waals surface area (Å²) in [4.78, 5) is 11.8. The average Bonchev–Trinajstić information content (AvgIpc) is 3.02. The highest BCUT2D eigenvalue weighted by Crippen LogP contribution is 2.31. The molecular formula is C17H16ClN3O3. The third-order valence-electron chi connectivity index (χ3n) is 3.43. The zero-order valence-electron chi connectivity index (χ0n) is 13.0. The number of carbonyl (C=O) groups is 1. The van der Waals surface area contributed by atoms with Crippen molar-refractivity contribution in [3.63, 3.8) is 0 Å². The van der Waals surface area contributed by atoms with Gasteiger partial charge in [0.15, 0.2) is 11.5 Å². The summed E-state index contributed by atoms with van der Waals surface area (Å²) >= 11 is 5.90. The lowest BCUT2D eigenvalue weighted by Gasteiger charge is -2.08. The minimum atomic E-state index is -0.249. The first kappa shape index (κ1) is 16.1. The van der Waals surface area contributed by atoms with E-state index in [9.17, 15) is 4.79 Å². The first-order valence-electron chi connectivity index (χ1n) is 7.33. The molecule has 0 unspecified atom stereocenters. The fraction of sp³-hybridized carbons (Fsp3) is 0.176. The first-order valence-corrected chi connectivity index (χ1v) is 7.71. The molecule has 0 atom stereocenters. The second-order valence-corrected chi connectivity index (χ2v) is 5.66. The largest absolute Gasteiger partial charge is 0.454 e. The van der Waals surface area contributed by atoms with Gasteiger partial charge in [0, 0.05) is 10.7 Å². The number of nitrogens with zero attached hydrogens (tertiary/aromatic N) is 1. The molecule has 0 saturated heterocycles. The smallest absolute Gasteiger partial charge is 0.259 e. The summed E-state index contributed by atoms with van der Waals surface area (Å²) < 4.78 is 10.5. The maximum Gasteiger partial charge on any atom is 0.259 e. The van der Waals surface area contributed by atoms with Gasteiger partial charge in [0.2, 0.25) is 6.79 Å². The molecule has 124 valence electrons. The summed E-state index contributed by atoms with van der Waals surface area (Å²) in [6.07, 6.45) is 1.55. The fourth-order valence-corrected chi connectivity index (χ4v) is 2.44. The van der Waals surface area contributed by atoms with Crippen LogP contribution in [0.4, 0.5) is 5.69 Å². The Morgan fingerprint density at radius 3 is 2.92 bits per heavy atom. The van der Waals surface area contributed by atoms with E-state index < -0.39 is 0 Å². The summed E-state index contributed by atoms with van der Waals surface area (Å²) in [5.41, 5.74) is 5.10. The number of fused-ring (bicyclic) bond motifs is 1. The molecule has 0 saturated carbocycles. The van der Waals surface area contributed by atoms with Gasteiger partial charge in [-0.25, -0.2) is 5.43 Å². The van der Waals surface area contributed by atoms with Crippen molar-refractivity contribution >= 4 is 29.4 Å². The SMILES string of the molecule is Cc1cc(Cl)ccc1NCC(=O)NN=Cc1ccc2c(c1)OCO2. The van der Waals surface area contributed by atoms with Gasteiger partial charge in [0.1, 0.15) is 0 Å². The van der Waals surface area contributed by atoms with Crippen LogP contribution >= 0.6 is 11.6 Å². The van der Waals surface area contributed by atoms with E-state index in [-0.39, 0.29) is 19.2 Å². The molecule has 0 bridgehead atoms. The molecule has 0 fully saturated rings. The van der Waals surface area contributed by atoms with E-state index in [4.69, 9.17) is 21.1 Å². The predicted molar refractivity (Wildman–Crippen MR) is 93.0 cm³/mol. The maximum atomic E-state index is 11.8. The summed E-state index contributed by atoms with van der Waals surface area (Å²) in [6, 6.07) is 10.9. The molecule has 0 aromatic heterocycles. The van der Waals surface area contributed by atoms with Crippen molar-refractivity contribution in [2.45, 2.75) is 6.92 Å². The number of benzene rings is 2. The van der Waals surface area contributed by atoms with Crippen molar-refractivity contribution in [1.82, 2.24) is 5.43 Å². The molecule has 1 heterocycles. The lowest BCUT2D eigenvalue weighted by molar-refractivity contribution is -0.119. The molecule has 24 heavy (non-hydrogen) atoms. The Morgan fingerprint density at radius 1 is 1.25 bits per heavy atom. The van der Waals surface area contributed by atoms with E-state index in [1.54, 1.807) is 24.4 Å². The Bertz CT molecular complexity index is 793. The van der Waals surface area contributed by atoms with Gasteiger partial charge in [-0.3, -0.25) is 4.79 Å². The van der Waals surface area contributed by atoms with Crippen LogP contribution in [0, 0.1) is 6.92 Å². The highest BCUT2D eigenvalue weighted by atomic mass is 35.5. The van der Waals surface area contributed by atoms with Crippen molar-refractivity contribution in [3.8, 4) is 11.5 Å². The van der Waals surface area contributed by atoms with Gasteiger partial charge < -0.3 is 14.8 Å². The number of hydrogen-bond donors (Lipinski definition) is 2. The van der Waals surface area contributed by atoms with E-state index in [0.29, 0.717) is 16.5 Å². The van der Waals surface area contributed by atoms with Crippen molar-refractivity contribution in [2.75, 3.05) is 18.7 Å². The van der Waals surface area contributed by atoms with E-state index in [1.165, 1.54) is 0 Å². The molecular weight excluding hydrogens is 330 g/mol. The number of hydrazone groups is 1. The Balaban J connectivity index is 1.50. The van der Waals surface area contributed by atoms with E-state index in [2.05, 4.69) is 15.8 Å². The number of carbonyl (C=O) groups excluding carboxylic acids is 1. The summed E-state index contributed by atoms with van der Waals surface area (Å²) in [6.45, 7) is 2.26. The molecule has 2 N–H and O–H groups in total. The van der Waals surface area contributed by atoms with Crippen molar-refractivity contribution in [1.29, 1.82) is 0 Å². The molecule has 0 radical (unpaired) electrons. The highest BCUT2D eigenvalue weighted by molar-refractivity contribution is 6.30. The standard InChI is InChI=1S/C17H16ClN3O3/c1-11-6-13(18)3-4-14(11)19-9-17(22)21-20-8-12-2-5-15-16(7-12)24-10-23-15/h2-8,19H,9-10H2,1H3,(H,21,22). The summed E-state index contributed by atoms with van der Waals surface area (Å²) in [5.74, 6) is 1.13. The van der Waals surface area contributed by atoms with Gasteiger partial charge in [-0.15, -0.1) is 0 Å². The number of hydrogen-bond acceptors (Lipinski definition) is 5. The van der Waals surface area contributed by atoms with Crippen LogP contribution in [0.5, 0.6) is 11.5 Å². The van der Waals surface area contributed by atoms with E-state index in [1.807, 2.05) is 25.1 Å². The van der Waals surface area contributed by atoms with Gasteiger partial charge in [0.25, 0.3) is 5.91 Å². The number of rotatable bonds is 5. The minimum absolute atomic E-state index is 0.112. The number of amides is 1. The van der Waals surface area contributed by atoms with Crippen LogP contribution in [0.3, 0.4) is 0 Å². The van der Waals surface area contributed by atoms with Gasteiger partial charge in [-0.05, 0) is 54.4 Å². The summed E-state index contributed by atoms with van der Waals surface area (Å²) in [7, 11) is 0. The molecule has 1 aliphatic heterocycles. The van der Waals surface area contributed by atoms with Gasteiger partial charge in [0.05, 0.1) is 12.8 Å². The zero-order valence-corrected chi connectivity index (χ0v) is 13.8. The van der Waals surface area contributed by atoms with Crippen molar-refractivity contribution in [2.24, 2.45) is 5.10 Å². The van der Waals surface area contributed by atoms with Crippen LogP contribution in [0.25, 0.3) is 0 Å². The predicted octanol–water partition coefficient (Wildman–Crippen LogP) is 2.94. The number of aryl methyl sites for hydroxylation is 1. The monoisotopic (exact) mass is 345 g/mol. The summed E-state index contributed by atoms with van der Waals surface area (Å²) in [5, 5.41) is 7.64. The molecule has 2 aromatic carbocycles. The second-order valence-electron chi connectivity index (χ2n) is 5.22. The van der Waals surface area contributed by atoms with Gasteiger partial charge in [-0.2, -0.15) is 5.10 Å². The van der Waals surface area contributed by atoms with Crippen LogP contribution in [0.15, 0.2) is 41.5 Å². The number of halogens is 1. The van der Waals surface area contributed by atoms with E-state index >= 15 is 0 Å². The van der Waals surface area contributed by atoms with E-state index in [0.717, 1.165) is 16.8 Å². The van der Waals surface area contributed by atoms with Crippen LogP contribution in [-0.4, -0.2) is 25.5 Å². The number of anilines is 1. The Morgan fingerprint density at radius 2 is 2.08 bits per heavy atom. The molecule has 1 aliphatic rings. The van der Waals surface area contributed by atoms with Crippen LogP contribution < -0.4 is 20.2 Å². The highest BCUT2D eigenvalue weighted by Gasteiger charge is 2.12. The topological polar surface area (TPSA) is 72.0 Å².